The van der Waals surface area contributed by atoms with Crippen molar-refractivity contribution >= 4 is 0 Å². The second-order valence-electron chi connectivity index (χ2n) is 2.00. The minimum Gasteiger partial charge on any atom is -0.377 e. The van der Waals surface area contributed by atoms with Gasteiger partial charge in [-0.25, -0.2) is 0 Å². The third-order valence-corrected chi connectivity index (χ3v) is 1.33. The van der Waals surface area contributed by atoms with E-state index in [9.17, 15) is 0 Å². The van der Waals surface area contributed by atoms with Gasteiger partial charge in [0.1, 0.15) is 0 Å². The smallest absolute Gasteiger partial charge is 0.0725 e. The molecule has 1 aliphatic carbocycles. The molecule has 0 spiro atoms. The van der Waals surface area contributed by atoms with Crippen LogP contribution in [0.25, 0.3) is 0 Å². The summed E-state index contributed by atoms with van der Waals surface area (Å²) < 4.78 is 5.21. The zero-order chi connectivity index (χ0) is 5.98. The van der Waals surface area contributed by atoms with Gasteiger partial charge >= 0.3 is 0 Å². The van der Waals surface area contributed by atoms with Crippen molar-refractivity contribution in [2.45, 2.75) is 19.4 Å². The fourth-order valence-corrected chi connectivity index (χ4v) is 0.745. The zero-order valence-corrected chi connectivity index (χ0v) is 5.05. The number of terminal acetylenes is 1. The largest absolute Gasteiger partial charge is 0.377 e. The highest BCUT2D eigenvalue weighted by atomic mass is 16.5. The molecule has 8 heavy (non-hydrogen) atoms. The molecule has 0 aliphatic heterocycles. The molecule has 0 bridgehead atoms. The number of hydrogen-bond donors (Lipinski definition) is 0. The lowest BCUT2D eigenvalue weighted by Gasteiger charge is -1.92. The van der Waals surface area contributed by atoms with Gasteiger partial charge in [-0.1, -0.05) is 0 Å². The summed E-state index contributed by atoms with van der Waals surface area (Å²) in [6.07, 6.45) is 6.59. The Morgan fingerprint density at radius 3 is 3.00 bits per heavy atom. The Hall–Kier alpha value is -0.480. The minimum absolute atomic E-state index is 0.394. The molecule has 0 aromatic rings. The molecule has 2 unspecified atom stereocenters. The standard InChI is InChI=1S/C7H10O/c1-3-6-5-7(6)8-4-2/h1,6-7H,4-5H2,2H3. The first-order valence-corrected chi connectivity index (χ1v) is 2.96. The van der Waals surface area contributed by atoms with Crippen LogP contribution in [0, 0.1) is 18.3 Å². The maximum absolute atomic E-state index is 5.21. The van der Waals surface area contributed by atoms with Crippen LogP contribution >= 0.6 is 0 Å². The molecule has 1 saturated carbocycles. The lowest BCUT2D eigenvalue weighted by molar-refractivity contribution is 0.127. The van der Waals surface area contributed by atoms with E-state index in [4.69, 9.17) is 11.2 Å². The molecule has 0 heterocycles. The fraction of sp³-hybridized carbons (Fsp3) is 0.714. The molecular formula is C7H10O. The fourth-order valence-electron chi connectivity index (χ4n) is 0.745. The predicted molar refractivity (Wildman–Crippen MR) is 32.4 cm³/mol. The highest BCUT2D eigenvalue weighted by Gasteiger charge is 2.35. The molecule has 0 aromatic heterocycles. The van der Waals surface area contributed by atoms with Crippen molar-refractivity contribution in [1.82, 2.24) is 0 Å². The van der Waals surface area contributed by atoms with Crippen molar-refractivity contribution in [2.24, 2.45) is 5.92 Å². The van der Waals surface area contributed by atoms with Crippen molar-refractivity contribution in [3.05, 3.63) is 0 Å². The predicted octanol–water partition coefficient (Wildman–Crippen LogP) is 1.04. The van der Waals surface area contributed by atoms with E-state index < -0.39 is 0 Å². The summed E-state index contributed by atoms with van der Waals surface area (Å²) in [5, 5.41) is 0. The van der Waals surface area contributed by atoms with Crippen LogP contribution in [0.4, 0.5) is 0 Å². The van der Waals surface area contributed by atoms with E-state index >= 15 is 0 Å². The van der Waals surface area contributed by atoms with E-state index in [1.807, 2.05) is 6.92 Å². The molecular weight excluding hydrogens is 100 g/mol. The van der Waals surface area contributed by atoms with Crippen LogP contribution in [0.3, 0.4) is 0 Å². The number of rotatable bonds is 2. The normalized spacial score (nSPS) is 34.0. The van der Waals surface area contributed by atoms with Crippen LogP contribution in [0.15, 0.2) is 0 Å². The van der Waals surface area contributed by atoms with E-state index in [1.54, 1.807) is 0 Å². The van der Waals surface area contributed by atoms with Crippen molar-refractivity contribution in [1.29, 1.82) is 0 Å². The van der Waals surface area contributed by atoms with E-state index in [0.29, 0.717) is 12.0 Å². The molecule has 0 saturated heterocycles. The second kappa shape index (κ2) is 2.19. The molecule has 0 N–H and O–H groups in total. The van der Waals surface area contributed by atoms with Gasteiger partial charge in [-0.05, 0) is 13.3 Å². The van der Waals surface area contributed by atoms with Gasteiger partial charge in [0.15, 0.2) is 0 Å². The number of hydrogen-bond acceptors (Lipinski definition) is 1. The monoisotopic (exact) mass is 110 g/mol. The first-order chi connectivity index (χ1) is 3.88. The number of ether oxygens (including phenoxy) is 1. The third kappa shape index (κ3) is 1.02. The second-order valence-corrected chi connectivity index (χ2v) is 2.00. The average molecular weight is 110 g/mol. The van der Waals surface area contributed by atoms with Crippen LogP contribution < -0.4 is 0 Å². The molecule has 2 atom stereocenters. The van der Waals surface area contributed by atoms with Gasteiger partial charge in [0.25, 0.3) is 0 Å². The van der Waals surface area contributed by atoms with Crippen LogP contribution in [0.5, 0.6) is 0 Å². The lowest BCUT2D eigenvalue weighted by Crippen LogP contribution is -1.93. The molecule has 1 heteroatoms. The Bertz CT molecular complexity index is 112. The summed E-state index contributed by atoms with van der Waals surface area (Å²) in [5.41, 5.74) is 0. The van der Waals surface area contributed by atoms with E-state index in [0.717, 1.165) is 13.0 Å². The van der Waals surface area contributed by atoms with Crippen molar-refractivity contribution in [2.75, 3.05) is 6.61 Å². The van der Waals surface area contributed by atoms with Crippen molar-refractivity contribution in [3.8, 4) is 12.3 Å². The maximum atomic E-state index is 5.21. The summed E-state index contributed by atoms with van der Waals surface area (Å²) in [5.74, 6) is 3.07. The third-order valence-electron chi connectivity index (χ3n) is 1.33. The van der Waals surface area contributed by atoms with Gasteiger partial charge < -0.3 is 4.74 Å². The summed E-state index contributed by atoms with van der Waals surface area (Å²) in [6.45, 7) is 2.79. The van der Waals surface area contributed by atoms with Gasteiger partial charge in [0.2, 0.25) is 0 Å². The van der Waals surface area contributed by atoms with Gasteiger partial charge in [0.05, 0.1) is 6.10 Å². The summed E-state index contributed by atoms with van der Waals surface area (Å²) >= 11 is 0. The Morgan fingerprint density at radius 1 is 1.88 bits per heavy atom. The summed E-state index contributed by atoms with van der Waals surface area (Å²) in [7, 11) is 0. The molecule has 1 rings (SSSR count). The zero-order valence-electron chi connectivity index (χ0n) is 5.05. The molecule has 0 amide bonds. The van der Waals surface area contributed by atoms with Gasteiger partial charge in [-0.15, -0.1) is 12.3 Å². The van der Waals surface area contributed by atoms with Crippen LogP contribution in [0.2, 0.25) is 0 Å². The van der Waals surface area contributed by atoms with Gasteiger partial charge in [-0.2, -0.15) is 0 Å². The summed E-state index contributed by atoms with van der Waals surface area (Å²) in [6, 6.07) is 0. The van der Waals surface area contributed by atoms with Crippen LogP contribution in [-0.4, -0.2) is 12.7 Å². The summed E-state index contributed by atoms with van der Waals surface area (Å²) in [4.78, 5) is 0. The van der Waals surface area contributed by atoms with Crippen molar-refractivity contribution in [3.63, 3.8) is 0 Å². The highest BCUT2D eigenvalue weighted by molar-refractivity contribution is 5.08. The Balaban J connectivity index is 2.10. The maximum Gasteiger partial charge on any atom is 0.0725 e. The Kier molecular flexibility index (Phi) is 1.55. The Labute approximate surface area is 50.0 Å². The average Bonchev–Trinajstić information content (AvgIpc) is 2.48. The van der Waals surface area contributed by atoms with Gasteiger partial charge in [0, 0.05) is 12.5 Å². The van der Waals surface area contributed by atoms with E-state index in [2.05, 4.69) is 5.92 Å². The van der Waals surface area contributed by atoms with Crippen LogP contribution in [0.1, 0.15) is 13.3 Å². The first-order valence-electron chi connectivity index (χ1n) is 2.96. The minimum atomic E-state index is 0.394. The SMILES string of the molecule is C#CC1CC1OCC. The molecule has 44 valence electrons. The van der Waals surface area contributed by atoms with E-state index in [1.165, 1.54) is 0 Å². The van der Waals surface area contributed by atoms with E-state index in [-0.39, 0.29) is 0 Å². The Morgan fingerprint density at radius 2 is 2.62 bits per heavy atom. The van der Waals surface area contributed by atoms with Gasteiger partial charge in [-0.3, -0.25) is 0 Å². The topological polar surface area (TPSA) is 9.23 Å². The highest BCUT2D eigenvalue weighted by Crippen LogP contribution is 2.32. The molecule has 0 radical (unpaired) electrons. The lowest BCUT2D eigenvalue weighted by atomic mass is 10.4. The quantitative estimate of drug-likeness (QED) is 0.483. The van der Waals surface area contributed by atoms with Crippen molar-refractivity contribution < 1.29 is 4.74 Å². The van der Waals surface area contributed by atoms with Crippen LogP contribution in [-0.2, 0) is 4.74 Å². The molecule has 0 aromatic carbocycles. The first kappa shape index (κ1) is 5.65. The molecule has 1 aliphatic rings. The molecule has 1 fully saturated rings. The molecule has 1 nitrogen and oxygen atoms in total.